The summed E-state index contributed by atoms with van der Waals surface area (Å²) in [6.45, 7) is 0.527. The number of aromatic nitrogens is 2. The minimum Gasteiger partial charge on any atom is -1.00 e. The van der Waals surface area contributed by atoms with Gasteiger partial charge in [-0.3, -0.25) is 9.78 Å². The Labute approximate surface area is 74.6 Å². The molecule has 2 N–H and O–H groups in total. The molecule has 0 aliphatic rings. The van der Waals surface area contributed by atoms with Crippen molar-refractivity contribution in [1.82, 2.24) is 4.98 Å². The van der Waals surface area contributed by atoms with Crippen molar-refractivity contribution in [3.8, 4) is 0 Å². The molecule has 0 spiro atoms. The van der Waals surface area contributed by atoms with Crippen molar-refractivity contribution in [2.75, 3.05) is 0 Å². The molecule has 0 saturated carbocycles. The standard InChI is InChI=1S/C6H8N2O2.BrH/c9-6(10)1-3-8-4-2-7-5-8;/h2,4-5H,1,3H2,(H,9,10);1H. The van der Waals surface area contributed by atoms with Crippen molar-refractivity contribution in [1.29, 1.82) is 0 Å². The number of H-pyrrole nitrogens is 1. The Kier molecular flexibility index (Phi) is 4.52. The van der Waals surface area contributed by atoms with Gasteiger partial charge in [0, 0.05) is 0 Å². The van der Waals surface area contributed by atoms with Crippen molar-refractivity contribution >= 4 is 5.97 Å². The Hall–Kier alpha value is -0.840. The zero-order chi connectivity index (χ0) is 7.40. The second kappa shape index (κ2) is 4.90. The quantitative estimate of drug-likeness (QED) is 0.527. The molecular weight excluding hydrogens is 212 g/mol. The molecule has 4 nitrogen and oxygen atoms in total. The number of hydrogen-bond donors (Lipinski definition) is 2. The molecule has 0 unspecified atom stereocenters. The predicted octanol–water partition coefficient (Wildman–Crippen LogP) is -3.22. The zero-order valence-electron chi connectivity index (χ0n) is 5.83. The van der Waals surface area contributed by atoms with E-state index in [-0.39, 0.29) is 23.4 Å². The molecule has 0 bridgehead atoms. The van der Waals surface area contributed by atoms with E-state index in [1.807, 2.05) is 0 Å². The minimum atomic E-state index is -0.770. The summed E-state index contributed by atoms with van der Waals surface area (Å²) in [4.78, 5) is 12.9. The smallest absolute Gasteiger partial charge is 0.307 e. The average Bonchev–Trinajstić information content (AvgIpc) is 2.34. The molecule has 11 heavy (non-hydrogen) atoms. The molecule has 0 aliphatic heterocycles. The van der Waals surface area contributed by atoms with Gasteiger partial charge in [0.25, 0.3) is 0 Å². The predicted molar refractivity (Wildman–Crippen MR) is 33.2 cm³/mol. The third-order valence-corrected chi connectivity index (χ3v) is 1.19. The van der Waals surface area contributed by atoms with Gasteiger partial charge in [-0.2, -0.15) is 0 Å². The number of aliphatic carboxylic acids is 1. The van der Waals surface area contributed by atoms with Gasteiger partial charge in [0.15, 0.2) is 0 Å². The molecule has 0 atom stereocenters. The maximum Gasteiger partial charge on any atom is 0.307 e. The van der Waals surface area contributed by atoms with Crippen LogP contribution in [0.5, 0.6) is 0 Å². The first-order chi connectivity index (χ1) is 4.79. The SMILES string of the molecule is O=C(O)CC[n+]1cc[nH]c1.[Br-]. The van der Waals surface area contributed by atoms with Gasteiger partial charge in [0.2, 0.25) is 6.33 Å². The van der Waals surface area contributed by atoms with Gasteiger partial charge in [0.05, 0.1) is 6.42 Å². The molecule has 62 valence electrons. The Morgan fingerprint density at radius 2 is 2.36 bits per heavy atom. The van der Waals surface area contributed by atoms with Crippen LogP contribution in [0, 0.1) is 0 Å². The summed E-state index contributed by atoms with van der Waals surface area (Å²) < 4.78 is 1.79. The lowest BCUT2D eigenvalue weighted by atomic mass is 10.4. The van der Waals surface area contributed by atoms with E-state index in [2.05, 4.69) is 4.98 Å². The highest BCUT2D eigenvalue weighted by Crippen LogP contribution is 1.78. The lowest BCUT2D eigenvalue weighted by Gasteiger charge is -1.89. The maximum absolute atomic E-state index is 10.1. The number of nitrogens with zero attached hydrogens (tertiary/aromatic N) is 1. The number of carboxylic acid groups (broad SMARTS) is 1. The fraction of sp³-hybridized carbons (Fsp3) is 0.333. The van der Waals surface area contributed by atoms with E-state index >= 15 is 0 Å². The number of nitrogens with one attached hydrogen (secondary N) is 1. The molecule has 0 radical (unpaired) electrons. The van der Waals surface area contributed by atoms with Gasteiger partial charge in [-0.1, -0.05) is 0 Å². The second-order valence-corrected chi connectivity index (χ2v) is 1.99. The van der Waals surface area contributed by atoms with Crippen LogP contribution in [0.15, 0.2) is 18.7 Å². The largest absolute Gasteiger partial charge is 1.00 e. The van der Waals surface area contributed by atoms with Crippen LogP contribution in [-0.4, -0.2) is 16.1 Å². The number of carboxylic acids is 1. The fourth-order valence-corrected chi connectivity index (χ4v) is 0.684. The van der Waals surface area contributed by atoms with Crippen LogP contribution < -0.4 is 21.5 Å². The summed E-state index contributed by atoms with van der Waals surface area (Å²) in [7, 11) is 0. The van der Waals surface area contributed by atoms with Crippen molar-refractivity contribution in [2.24, 2.45) is 0 Å². The van der Waals surface area contributed by atoms with E-state index in [1.165, 1.54) is 0 Å². The average molecular weight is 221 g/mol. The van der Waals surface area contributed by atoms with Gasteiger partial charge in [0.1, 0.15) is 18.9 Å². The Bertz CT molecular complexity index is 210. The third-order valence-electron chi connectivity index (χ3n) is 1.19. The molecular formula is C6H9BrN2O2. The van der Waals surface area contributed by atoms with Gasteiger partial charge in [-0.05, 0) is 0 Å². The maximum atomic E-state index is 10.1. The molecule has 1 aromatic rings. The number of rotatable bonds is 3. The number of aryl methyl sites for hydroxylation is 1. The van der Waals surface area contributed by atoms with E-state index in [0.717, 1.165) is 0 Å². The van der Waals surface area contributed by atoms with Crippen LogP contribution in [0.1, 0.15) is 6.42 Å². The summed E-state index contributed by atoms with van der Waals surface area (Å²) in [6, 6.07) is 0. The summed E-state index contributed by atoms with van der Waals surface area (Å²) in [5.41, 5.74) is 0. The van der Waals surface area contributed by atoms with Crippen LogP contribution in [0.4, 0.5) is 0 Å². The molecule has 0 aromatic carbocycles. The molecule has 0 aliphatic carbocycles. The van der Waals surface area contributed by atoms with Crippen molar-refractivity contribution < 1.29 is 31.4 Å². The summed E-state index contributed by atoms with van der Waals surface area (Å²) in [5.74, 6) is -0.770. The Morgan fingerprint density at radius 1 is 1.64 bits per heavy atom. The summed E-state index contributed by atoms with van der Waals surface area (Å²) in [5, 5.41) is 8.29. The number of carbonyl (C=O) groups is 1. The number of aromatic amines is 1. The highest BCUT2D eigenvalue weighted by atomic mass is 79.9. The normalized spacial score (nSPS) is 8.73. The molecule has 0 fully saturated rings. The summed E-state index contributed by atoms with van der Waals surface area (Å²) >= 11 is 0. The molecule has 5 heteroatoms. The highest BCUT2D eigenvalue weighted by molar-refractivity contribution is 5.66. The van der Waals surface area contributed by atoms with Crippen LogP contribution in [0.2, 0.25) is 0 Å². The monoisotopic (exact) mass is 220 g/mol. The lowest BCUT2D eigenvalue weighted by Crippen LogP contribution is -3.00. The lowest BCUT2D eigenvalue weighted by molar-refractivity contribution is -0.694. The van der Waals surface area contributed by atoms with Gasteiger partial charge in [-0.15, -0.1) is 0 Å². The Balaban J connectivity index is 0.000001000. The molecule has 0 saturated heterocycles. The highest BCUT2D eigenvalue weighted by Gasteiger charge is 2.00. The van der Waals surface area contributed by atoms with Gasteiger partial charge in [-0.25, -0.2) is 4.57 Å². The van der Waals surface area contributed by atoms with Gasteiger partial charge < -0.3 is 22.1 Å². The molecule has 1 rings (SSSR count). The summed E-state index contributed by atoms with van der Waals surface area (Å²) in [6.07, 6.45) is 5.44. The van der Waals surface area contributed by atoms with Crippen molar-refractivity contribution in [2.45, 2.75) is 13.0 Å². The number of imidazole rings is 1. The van der Waals surface area contributed by atoms with Crippen LogP contribution >= 0.6 is 0 Å². The Morgan fingerprint density at radius 3 is 2.82 bits per heavy atom. The zero-order valence-corrected chi connectivity index (χ0v) is 7.41. The first-order valence-electron chi connectivity index (χ1n) is 3.02. The van der Waals surface area contributed by atoms with E-state index in [1.54, 1.807) is 23.3 Å². The number of hydrogen-bond acceptors (Lipinski definition) is 1. The minimum absolute atomic E-state index is 0. The van der Waals surface area contributed by atoms with Crippen LogP contribution in [-0.2, 0) is 11.3 Å². The van der Waals surface area contributed by atoms with Crippen molar-refractivity contribution in [3.63, 3.8) is 0 Å². The van der Waals surface area contributed by atoms with Crippen LogP contribution in [0.3, 0.4) is 0 Å². The topological polar surface area (TPSA) is 57.0 Å². The first-order valence-corrected chi connectivity index (χ1v) is 3.02. The van der Waals surface area contributed by atoms with E-state index in [0.29, 0.717) is 6.54 Å². The first kappa shape index (κ1) is 10.2. The van der Waals surface area contributed by atoms with E-state index in [9.17, 15) is 4.79 Å². The molecule has 1 heterocycles. The number of halogens is 1. The fourth-order valence-electron chi connectivity index (χ4n) is 0.684. The second-order valence-electron chi connectivity index (χ2n) is 1.99. The van der Waals surface area contributed by atoms with E-state index < -0.39 is 5.97 Å². The molecule has 0 amide bonds. The van der Waals surface area contributed by atoms with E-state index in [4.69, 9.17) is 5.11 Å². The van der Waals surface area contributed by atoms with Crippen LogP contribution in [0.25, 0.3) is 0 Å². The van der Waals surface area contributed by atoms with Gasteiger partial charge >= 0.3 is 5.97 Å². The molecule has 1 aromatic heterocycles. The van der Waals surface area contributed by atoms with Crippen molar-refractivity contribution in [3.05, 3.63) is 18.7 Å². The third kappa shape index (κ3) is 3.77.